The maximum absolute atomic E-state index is 13.4. The molecule has 154 valence electrons. The number of benzene rings is 1. The molecule has 0 aromatic heterocycles. The van der Waals surface area contributed by atoms with Gasteiger partial charge in [0.05, 0.1) is 11.5 Å². The highest BCUT2D eigenvalue weighted by molar-refractivity contribution is 8.00. The lowest BCUT2D eigenvalue weighted by molar-refractivity contribution is -0.144. The van der Waals surface area contributed by atoms with Crippen molar-refractivity contribution in [1.82, 2.24) is 4.90 Å². The standard InChI is InChI=1S/C19H24F2N2O4S/c1-23(13-6-3-2-4-7-13)17(25)11-28-12-18(26)27-10-16(24)22-19-14(20)8-5-9-15(19)21/h5,8-9,13H,2-4,6-7,10-12H2,1H3,(H,22,24). The van der Waals surface area contributed by atoms with Gasteiger partial charge in [-0.3, -0.25) is 14.4 Å². The van der Waals surface area contributed by atoms with Crippen molar-refractivity contribution in [3.8, 4) is 0 Å². The smallest absolute Gasteiger partial charge is 0.316 e. The molecule has 0 atom stereocenters. The SMILES string of the molecule is CN(C(=O)CSCC(=O)OCC(=O)Nc1c(F)cccc1F)C1CCCCC1. The molecule has 0 heterocycles. The molecule has 1 aliphatic rings. The zero-order valence-corrected chi connectivity index (χ0v) is 16.5. The Morgan fingerprint density at radius 3 is 2.43 bits per heavy atom. The second-order valence-corrected chi connectivity index (χ2v) is 7.58. The molecular weight excluding hydrogens is 390 g/mol. The van der Waals surface area contributed by atoms with Crippen LogP contribution in [0, 0.1) is 11.6 Å². The molecule has 0 spiro atoms. The lowest BCUT2D eigenvalue weighted by Gasteiger charge is -2.31. The van der Waals surface area contributed by atoms with Gasteiger partial charge in [-0.2, -0.15) is 0 Å². The third-order valence-electron chi connectivity index (χ3n) is 4.55. The summed E-state index contributed by atoms with van der Waals surface area (Å²) in [7, 11) is 1.78. The molecule has 1 aromatic rings. The summed E-state index contributed by atoms with van der Waals surface area (Å²) in [5, 5.41) is 2.03. The molecular formula is C19H24F2N2O4S. The Labute approximate surface area is 167 Å². The molecule has 0 aliphatic heterocycles. The summed E-state index contributed by atoms with van der Waals surface area (Å²) in [6.45, 7) is -0.664. The van der Waals surface area contributed by atoms with Crippen LogP contribution in [0.3, 0.4) is 0 Å². The normalized spacial score (nSPS) is 14.4. The minimum atomic E-state index is -0.921. The molecule has 1 N–H and O–H groups in total. The first-order chi connectivity index (χ1) is 13.4. The fraction of sp³-hybridized carbons (Fsp3) is 0.526. The van der Waals surface area contributed by atoms with Gasteiger partial charge in [0, 0.05) is 13.1 Å². The fourth-order valence-electron chi connectivity index (χ4n) is 2.98. The number of rotatable bonds is 8. The average molecular weight is 414 g/mol. The monoisotopic (exact) mass is 414 g/mol. The highest BCUT2D eigenvalue weighted by Crippen LogP contribution is 2.22. The summed E-state index contributed by atoms with van der Waals surface area (Å²) in [5.74, 6) is -3.36. The Hall–Kier alpha value is -2.16. The molecule has 2 rings (SSSR count). The number of carbonyl (C=O) groups excluding carboxylic acids is 3. The molecule has 0 bridgehead atoms. The van der Waals surface area contributed by atoms with Crippen LogP contribution in [0.2, 0.25) is 0 Å². The number of hydrogen-bond acceptors (Lipinski definition) is 5. The first-order valence-corrected chi connectivity index (χ1v) is 10.3. The summed E-state index contributed by atoms with van der Waals surface area (Å²) in [6, 6.07) is 3.44. The number of nitrogens with one attached hydrogen (secondary N) is 1. The predicted molar refractivity (Wildman–Crippen MR) is 103 cm³/mol. The lowest BCUT2D eigenvalue weighted by Crippen LogP contribution is -2.39. The Bertz CT molecular complexity index is 691. The van der Waals surface area contributed by atoms with Crippen LogP contribution in [0.25, 0.3) is 0 Å². The van der Waals surface area contributed by atoms with E-state index in [-0.39, 0.29) is 23.5 Å². The van der Waals surface area contributed by atoms with Gasteiger partial charge >= 0.3 is 5.97 Å². The van der Waals surface area contributed by atoms with E-state index < -0.39 is 35.8 Å². The van der Waals surface area contributed by atoms with Gasteiger partial charge in [-0.05, 0) is 25.0 Å². The number of halogens is 2. The molecule has 2 amide bonds. The van der Waals surface area contributed by atoms with Crippen LogP contribution >= 0.6 is 11.8 Å². The van der Waals surface area contributed by atoms with Crippen molar-refractivity contribution in [3.05, 3.63) is 29.8 Å². The number of anilines is 1. The second-order valence-electron chi connectivity index (χ2n) is 6.59. The first kappa shape index (κ1) is 22.1. The van der Waals surface area contributed by atoms with E-state index in [1.807, 2.05) is 5.32 Å². The van der Waals surface area contributed by atoms with Gasteiger partial charge in [-0.15, -0.1) is 11.8 Å². The number of nitrogens with zero attached hydrogens (tertiary/aromatic N) is 1. The third-order valence-corrected chi connectivity index (χ3v) is 5.44. The van der Waals surface area contributed by atoms with E-state index >= 15 is 0 Å². The molecule has 1 fully saturated rings. The molecule has 1 saturated carbocycles. The largest absolute Gasteiger partial charge is 0.455 e. The maximum Gasteiger partial charge on any atom is 0.316 e. The van der Waals surface area contributed by atoms with Crippen molar-refractivity contribution in [2.75, 3.05) is 30.5 Å². The van der Waals surface area contributed by atoms with Gasteiger partial charge in [-0.25, -0.2) is 8.78 Å². The number of hydrogen-bond donors (Lipinski definition) is 1. The average Bonchev–Trinajstić information content (AvgIpc) is 2.69. The third kappa shape index (κ3) is 6.78. The molecule has 6 nitrogen and oxygen atoms in total. The van der Waals surface area contributed by atoms with E-state index in [0.29, 0.717) is 0 Å². The van der Waals surface area contributed by atoms with Crippen LogP contribution in [-0.4, -0.2) is 53.9 Å². The Kier molecular flexibility index (Phi) is 8.69. The van der Waals surface area contributed by atoms with E-state index in [4.69, 9.17) is 4.74 Å². The van der Waals surface area contributed by atoms with Crippen LogP contribution in [0.15, 0.2) is 18.2 Å². The summed E-state index contributed by atoms with van der Waals surface area (Å²) >= 11 is 1.10. The Morgan fingerprint density at radius 1 is 1.14 bits per heavy atom. The quantitative estimate of drug-likeness (QED) is 0.662. The first-order valence-electron chi connectivity index (χ1n) is 9.11. The Balaban J connectivity index is 1.65. The molecule has 1 aromatic carbocycles. The van der Waals surface area contributed by atoms with Crippen molar-refractivity contribution < 1.29 is 27.9 Å². The predicted octanol–water partition coefficient (Wildman–Crippen LogP) is 2.97. The van der Waals surface area contributed by atoms with E-state index in [1.54, 1.807) is 11.9 Å². The van der Waals surface area contributed by atoms with Gasteiger partial charge in [0.25, 0.3) is 5.91 Å². The van der Waals surface area contributed by atoms with Gasteiger partial charge < -0.3 is 15.0 Å². The van der Waals surface area contributed by atoms with E-state index in [9.17, 15) is 23.2 Å². The summed E-state index contributed by atoms with van der Waals surface area (Å²) < 4.78 is 31.7. The minimum absolute atomic E-state index is 0.0440. The second kappa shape index (κ2) is 11.0. The van der Waals surface area contributed by atoms with Crippen molar-refractivity contribution in [2.24, 2.45) is 0 Å². The van der Waals surface area contributed by atoms with Crippen LogP contribution < -0.4 is 5.32 Å². The maximum atomic E-state index is 13.4. The lowest BCUT2D eigenvalue weighted by atomic mass is 9.94. The Morgan fingerprint density at radius 2 is 1.79 bits per heavy atom. The number of carbonyl (C=O) groups is 3. The topological polar surface area (TPSA) is 75.7 Å². The molecule has 28 heavy (non-hydrogen) atoms. The fourth-order valence-corrected chi connectivity index (χ4v) is 3.71. The van der Waals surface area contributed by atoms with Crippen molar-refractivity contribution in [1.29, 1.82) is 0 Å². The summed E-state index contributed by atoms with van der Waals surface area (Å²) in [6.07, 6.45) is 5.47. The zero-order chi connectivity index (χ0) is 20.5. The molecule has 0 radical (unpaired) electrons. The van der Waals surface area contributed by atoms with Crippen molar-refractivity contribution in [2.45, 2.75) is 38.1 Å². The van der Waals surface area contributed by atoms with Crippen molar-refractivity contribution in [3.63, 3.8) is 0 Å². The van der Waals surface area contributed by atoms with Crippen LogP contribution in [0.1, 0.15) is 32.1 Å². The highest BCUT2D eigenvalue weighted by atomic mass is 32.2. The molecule has 0 saturated heterocycles. The zero-order valence-electron chi connectivity index (χ0n) is 15.7. The number of para-hydroxylation sites is 1. The van der Waals surface area contributed by atoms with Crippen molar-refractivity contribution >= 4 is 35.2 Å². The molecule has 1 aliphatic carbocycles. The van der Waals surface area contributed by atoms with Gasteiger partial charge in [0.2, 0.25) is 5.91 Å². The van der Waals surface area contributed by atoms with Crippen LogP contribution in [0.4, 0.5) is 14.5 Å². The molecule has 9 heteroatoms. The minimum Gasteiger partial charge on any atom is -0.455 e. The van der Waals surface area contributed by atoms with Crippen LogP contribution in [-0.2, 0) is 19.1 Å². The summed E-state index contributed by atoms with van der Waals surface area (Å²) in [5.41, 5.74) is -0.589. The summed E-state index contributed by atoms with van der Waals surface area (Å²) in [4.78, 5) is 37.3. The number of thioether (sulfide) groups is 1. The number of amides is 2. The van der Waals surface area contributed by atoms with E-state index in [0.717, 1.165) is 49.6 Å². The van der Waals surface area contributed by atoms with E-state index in [1.165, 1.54) is 12.5 Å². The van der Waals surface area contributed by atoms with Gasteiger partial charge in [0.1, 0.15) is 17.3 Å². The van der Waals surface area contributed by atoms with Gasteiger partial charge in [-0.1, -0.05) is 25.3 Å². The number of ether oxygens (including phenoxy) is 1. The molecule has 0 unspecified atom stereocenters. The highest BCUT2D eigenvalue weighted by Gasteiger charge is 2.22. The van der Waals surface area contributed by atoms with E-state index in [2.05, 4.69) is 0 Å². The van der Waals surface area contributed by atoms with Crippen LogP contribution in [0.5, 0.6) is 0 Å². The van der Waals surface area contributed by atoms with Gasteiger partial charge in [0.15, 0.2) is 6.61 Å². The number of esters is 1.